The zero-order chi connectivity index (χ0) is 15.9. The fourth-order valence-electron chi connectivity index (χ4n) is 2.31. The lowest BCUT2D eigenvalue weighted by Crippen LogP contribution is -2.13. The molecule has 3 aromatic rings. The number of aryl methyl sites for hydroxylation is 2. The van der Waals surface area contributed by atoms with E-state index >= 15 is 0 Å². The van der Waals surface area contributed by atoms with Gasteiger partial charge in [0, 0.05) is 15.4 Å². The fourth-order valence-corrected chi connectivity index (χ4v) is 2.67. The van der Waals surface area contributed by atoms with Crippen molar-refractivity contribution in [1.29, 1.82) is 0 Å². The monoisotopic (exact) mass is 361 g/mol. The first kappa shape index (κ1) is 14.8. The van der Waals surface area contributed by atoms with Crippen molar-refractivity contribution in [2.45, 2.75) is 13.8 Å². The molecule has 22 heavy (non-hydrogen) atoms. The van der Waals surface area contributed by atoms with Crippen LogP contribution < -0.4 is 5.32 Å². The van der Waals surface area contributed by atoms with Crippen LogP contribution in [0.5, 0.6) is 0 Å². The average Bonchev–Trinajstić information content (AvgIpc) is 2.79. The Morgan fingerprint density at radius 3 is 2.68 bits per heavy atom. The summed E-state index contributed by atoms with van der Waals surface area (Å²) >= 11 is 3.39. The Morgan fingerprint density at radius 1 is 1.18 bits per heavy atom. The molecular weight excluding hydrogens is 349 g/mol. The van der Waals surface area contributed by atoms with Gasteiger partial charge in [0.2, 0.25) is 0 Å². The molecule has 1 aromatic heterocycles. The number of hydrogen-bond acceptors (Lipinski definition) is 2. The van der Waals surface area contributed by atoms with Gasteiger partial charge in [-0.3, -0.25) is 4.79 Å². The SMILES string of the molecule is Cc1ccc(NC(=O)c2oc3ccc(Br)cc3c2C)c(F)c1. The summed E-state index contributed by atoms with van der Waals surface area (Å²) in [6.45, 7) is 3.59. The Bertz CT molecular complexity index is 886. The van der Waals surface area contributed by atoms with Crippen LogP contribution in [0.1, 0.15) is 21.7 Å². The van der Waals surface area contributed by atoms with Gasteiger partial charge in [-0.25, -0.2) is 4.39 Å². The highest BCUT2D eigenvalue weighted by Gasteiger charge is 2.19. The van der Waals surface area contributed by atoms with Gasteiger partial charge in [-0.1, -0.05) is 22.0 Å². The molecule has 0 spiro atoms. The molecule has 0 saturated carbocycles. The Hall–Kier alpha value is -2.14. The molecule has 3 nitrogen and oxygen atoms in total. The van der Waals surface area contributed by atoms with E-state index < -0.39 is 11.7 Å². The maximum absolute atomic E-state index is 13.8. The predicted molar refractivity (Wildman–Crippen MR) is 87.7 cm³/mol. The Balaban J connectivity index is 1.97. The van der Waals surface area contributed by atoms with E-state index in [1.165, 1.54) is 12.1 Å². The molecule has 1 N–H and O–H groups in total. The largest absolute Gasteiger partial charge is 0.451 e. The minimum Gasteiger partial charge on any atom is -0.451 e. The maximum Gasteiger partial charge on any atom is 0.291 e. The van der Waals surface area contributed by atoms with E-state index in [0.29, 0.717) is 5.58 Å². The molecule has 1 heterocycles. The van der Waals surface area contributed by atoms with Gasteiger partial charge < -0.3 is 9.73 Å². The molecule has 0 saturated heterocycles. The third kappa shape index (κ3) is 2.64. The maximum atomic E-state index is 13.8. The lowest BCUT2D eigenvalue weighted by Gasteiger charge is -2.05. The summed E-state index contributed by atoms with van der Waals surface area (Å²) in [5, 5.41) is 3.40. The van der Waals surface area contributed by atoms with Crippen molar-refractivity contribution in [3.05, 3.63) is 63.6 Å². The molecule has 2 aromatic carbocycles. The first-order chi connectivity index (χ1) is 10.5. The molecule has 0 radical (unpaired) electrons. The van der Waals surface area contributed by atoms with Crippen LogP contribution in [0.4, 0.5) is 10.1 Å². The number of rotatable bonds is 2. The van der Waals surface area contributed by atoms with Crippen LogP contribution in [-0.4, -0.2) is 5.91 Å². The minimum absolute atomic E-state index is 0.136. The highest BCUT2D eigenvalue weighted by molar-refractivity contribution is 9.10. The molecule has 3 rings (SSSR count). The third-order valence-corrected chi connectivity index (χ3v) is 3.97. The van der Waals surface area contributed by atoms with Crippen LogP contribution in [0, 0.1) is 19.7 Å². The first-order valence-electron chi connectivity index (χ1n) is 6.72. The molecule has 0 aliphatic carbocycles. The predicted octanol–water partition coefficient (Wildman–Crippen LogP) is 5.20. The smallest absolute Gasteiger partial charge is 0.291 e. The summed E-state index contributed by atoms with van der Waals surface area (Å²) < 4.78 is 20.3. The van der Waals surface area contributed by atoms with Gasteiger partial charge in [0.15, 0.2) is 5.76 Å². The van der Waals surface area contributed by atoms with E-state index in [1.807, 2.05) is 12.1 Å². The average molecular weight is 362 g/mol. The summed E-state index contributed by atoms with van der Waals surface area (Å²) in [6, 6.07) is 10.2. The molecule has 0 aliphatic rings. The number of benzene rings is 2. The molecule has 5 heteroatoms. The second kappa shape index (κ2) is 5.57. The number of nitrogens with one attached hydrogen (secondary N) is 1. The van der Waals surface area contributed by atoms with Crippen molar-refractivity contribution in [1.82, 2.24) is 0 Å². The van der Waals surface area contributed by atoms with Gasteiger partial charge in [-0.05, 0) is 49.7 Å². The summed E-state index contributed by atoms with van der Waals surface area (Å²) in [5.74, 6) is -0.745. The van der Waals surface area contributed by atoms with Gasteiger partial charge >= 0.3 is 0 Å². The van der Waals surface area contributed by atoms with E-state index in [-0.39, 0.29) is 11.4 Å². The van der Waals surface area contributed by atoms with Gasteiger partial charge in [0.05, 0.1) is 5.69 Å². The zero-order valence-electron chi connectivity index (χ0n) is 12.0. The molecule has 0 fully saturated rings. The van der Waals surface area contributed by atoms with E-state index in [2.05, 4.69) is 21.2 Å². The normalized spacial score (nSPS) is 10.9. The van der Waals surface area contributed by atoms with Crippen molar-refractivity contribution < 1.29 is 13.6 Å². The minimum atomic E-state index is -0.468. The van der Waals surface area contributed by atoms with Crippen LogP contribution in [0.15, 0.2) is 45.3 Å². The number of furan rings is 1. The van der Waals surface area contributed by atoms with E-state index in [9.17, 15) is 9.18 Å². The summed E-state index contributed by atoms with van der Waals surface area (Å²) in [4.78, 5) is 12.3. The molecule has 112 valence electrons. The topological polar surface area (TPSA) is 42.2 Å². The standard InChI is InChI=1S/C17H13BrFNO2/c1-9-3-5-14(13(19)7-9)20-17(21)16-10(2)12-8-11(18)4-6-15(12)22-16/h3-8H,1-2H3,(H,20,21). The van der Waals surface area contributed by atoms with E-state index in [0.717, 1.165) is 21.0 Å². The molecule has 0 unspecified atom stereocenters. The van der Waals surface area contributed by atoms with Gasteiger partial charge in [-0.15, -0.1) is 0 Å². The van der Waals surface area contributed by atoms with Gasteiger partial charge in [-0.2, -0.15) is 0 Å². The number of fused-ring (bicyclic) bond motifs is 1. The third-order valence-electron chi connectivity index (χ3n) is 3.48. The second-order valence-corrected chi connectivity index (χ2v) is 6.05. The van der Waals surface area contributed by atoms with E-state index in [4.69, 9.17) is 4.42 Å². The first-order valence-corrected chi connectivity index (χ1v) is 7.51. The number of hydrogen-bond donors (Lipinski definition) is 1. The number of carbonyl (C=O) groups excluding carboxylic acids is 1. The van der Waals surface area contributed by atoms with Gasteiger partial charge in [0.25, 0.3) is 5.91 Å². The Morgan fingerprint density at radius 2 is 1.95 bits per heavy atom. The Labute approximate surface area is 135 Å². The molecule has 0 atom stereocenters. The van der Waals surface area contributed by atoms with Crippen molar-refractivity contribution in [3.8, 4) is 0 Å². The van der Waals surface area contributed by atoms with Crippen molar-refractivity contribution in [2.24, 2.45) is 0 Å². The lowest BCUT2D eigenvalue weighted by atomic mass is 10.1. The molecule has 0 bridgehead atoms. The highest BCUT2D eigenvalue weighted by atomic mass is 79.9. The zero-order valence-corrected chi connectivity index (χ0v) is 13.6. The van der Waals surface area contributed by atoms with Crippen molar-refractivity contribution in [3.63, 3.8) is 0 Å². The van der Waals surface area contributed by atoms with Crippen molar-refractivity contribution >= 4 is 38.5 Å². The van der Waals surface area contributed by atoms with Crippen LogP contribution in [0.25, 0.3) is 11.0 Å². The van der Waals surface area contributed by atoms with Crippen LogP contribution in [-0.2, 0) is 0 Å². The fraction of sp³-hybridized carbons (Fsp3) is 0.118. The molecular formula is C17H13BrFNO2. The Kier molecular flexibility index (Phi) is 3.74. The van der Waals surface area contributed by atoms with Crippen LogP contribution in [0.3, 0.4) is 0 Å². The quantitative estimate of drug-likeness (QED) is 0.681. The van der Waals surface area contributed by atoms with E-state index in [1.54, 1.807) is 26.0 Å². The van der Waals surface area contributed by atoms with Crippen molar-refractivity contribution in [2.75, 3.05) is 5.32 Å². The van der Waals surface area contributed by atoms with Crippen LogP contribution >= 0.6 is 15.9 Å². The lowest BCUT2D eigenvalue weighted by molar-refractivity contribution is 0.0997. The van der Waals surface area contributed by atoms with Gasteiger partial charge in [0.1, 0.15) is 11.4 Å². The number of carbonyl (C=O) groups is 1. The molecule has 0 aliphatic heterocycles. The van der Waals surface area contributed by atoms with Crippen LogP contribution in [0.2, 0.25) is 0 Å². The summed E-state index contributed by atoms with van der Waals surface area (Å²) in [7, 11) is 0. The number of amides is 1. The molecule has 1 amide bonds. The number of halogens is 2. The highest BCUT2D eigenvalue weighted by Crippen LogP contribution is 2.28. The number of anilines is 1. The summed E-state index contributed by atoms with van der Waals surface area (Å²) in [6.07, 6.45) is 0. The summed E-state index contributed by atoms with van der Waals surface area (Å²) in [5.41, 5.74) is 2.27. The second-order valence-electron chi connectivity index (χ2n) is 5.13.